The van der Waals surface area contributed by atoms with Crippen LogP contribution in [0.3, 0.4) is 0 Å². The Morgan fingerprint density at radius 2 is 2.30 bits per heavy atom. The van der Waals surface area contributed by atoms with E-state index in [1.165, 1.54) is 0 Å². The van der Waals surface area contributed by atoms with Crippen molar-refractivity contribution in [2.45, 2.75) is 13.3 Å². The molecular formula is C7H8BrFO. The van der Waals surface area contributed by atoms with Gasteiger partial charge in [0.25, 0.3) is 0 Å². The predicted molar refractivity (Wildman–Crippen MR) is 42.6 cm³/mol. The summed E-state index contributed by atoms with van der Waals surface area (Å²) in [7, 11) is 0. The topological polar surface area (TPSA) is 17.1 Å². The van der Waals surface area contributed by atoms with Gasteiger partial charge in [0, 0.05) is 10.1 Å². The summed E-state index contributed by atoms with van der Waals surface area (Å²) < 4.78 is 13.1. The van der Waals surface area contributed by atoms with Gasteiger partial charge in [-0.05, 0) is 6.42 Å². The first-order valence-electron chi connectivity index (χ1n) is 2.82. The van der Waals surface area contributed by atoms with Gasteiger partial charge in [0.2, 0.25) is 0 Å². The van der Waals surface area contributed by atoms with E-state index in [2.05, 4.69) is 22.5 Å². The fourth-order valence-electron chi connectivity index (χ4n) is 0.381. The second-order valence-electron chi connectivity index (χ2n) is 1.72. The molecule has 0 unspecified atom stereocenters. The molecule has 0 saturated heterocycles. The largest absolute Gasteiger partial charge is 0.298 e. The van der Waals surface area contributed by atoms with Crippen LogP contribution in [0.1, 0.15) is 13.3 Å². The van der Waals surface area contributed by atoms with E-state index in [0.29, 0.717) is 17.2 Å². The van der Waals surface area contributed by atoms with Crippen LogP contribution in [-0.2, 0) is 4.79 Å². The number of halogens is 2. The van der Waals surface area contributed by atoms with Gasteiger partial charge in [-0.2, -0.15) is 0 Å². The Kier molecular flexibility index (Phi) is 4.19. The zero-order chi connectivity index (χ0) is 8.15. The van der Waals surface area contributed by atoms with Gasteiger partial charge in [0.1, 0.15) is 5.83 Å². The number of allylic oxidation sites excluding steroid dienone is 3. The normalized spacial score (nSPS) is 12.3. The van der Waals surface area contributed by atoms with Crippen molar-refractivity contribution in [3.05, 3.63) is 22.5 Å². The third-order valence-electron chi connectivity index (χ3n) is 0.973. The lowest BCUT2D eigenvalue weighted by atomic mass is 10.2. The lowest BCUT2D eigenvalue weighted by Gasteiger charge is -1.95. The number of carbonyl (C=O) groups excluding carboxylic acids is 1. The molecule has 0 fully saturated rings. The summed E-state index contributed by atoms with van der Waals surface area (Å²) in [4.78, 5) is 9.97. The monoisotopic (exact) mass is 206 g/mol. The predicted octanol–water partition coefficient (Wildman–Crippen LogP) is 2.73. The molecule has 0 bridgehead atoms. The van der Waals surface area contributed by atoms with Crippen molar-refractivity contribution in [2.24, 2.45) is 0 Å². The van der Waals surface area contributed by atoms with Crippen LogP contribution in [0.15, 0.2) is 22.5 Å². The van der Waals surface area contributed by atoms with Crippen LogP contribution < -0.4 is 0 Å². The molecule has 1 nitrogen and oxygen atoms in total. The van der Waals surface area contributed by atoms with Gasteiger partial charge in [-0.15, -0.1) is 0 Å². The Balaban J connectivity index is 4.45. The van der Waals surface area contributed by atoms with E-state index in [4.69, 9.17) is 0 Å². The highest BCUT2D eigenvalue weighted by Gasteiger charge is 2.03. The molecule has 0 amide bonds. The standard InChI is InChI=1S/C7H8BrFO/c1-3-6(8)7(9)5(2)4-10/h4H,2-3H2,1H3. The van der Waals surface area contributed by atoms with Gasteiger partial charge in [-0.1, -0.05) is 29.4 Å². The second kappa shape index (κ2) is 4.39. The second-order valence-corrected chi connectivity index (χ2v) is 2.67. The molecule has 0 atom stereocenters. The maximum absolute atomic E-state index is 12.7. The molecule has 0 aliphatic rings. The molecule has 0 N–H and O–H groups in total. The Morgan fingerprint density at radius 1 is 1.80 bits per heavy atom. The van der Waals surface area contributed by atoms with E-state index in [-0.39, 0.29) is 5.57 Å². The zero-order valence-electron chi connectivity index (χ0n) is 5.66. The van der Waals surface area contributed by atoms with E-state index in [9.17, 15) is 9.18 Å². The smallest absolute Gasteiger partial charge is 0.152 e. The summed E-state index contributed by atoms with van der Waals surface area (Å²) in [6, 6.07) is 0. The van der Waals surface area contributed by atoms with Crippen LogP contribution in [0.5, 0.6) is 0 Å². The first-order valence-corrected chi connectivity index (χ1v) is 3.61. The molecule has 3 heteroatoms. The summed E-state index contributed by atoms with van der Waals surface area (Å²) in [6.07, 6.45) is 0.922. The molecule has 0 aromatic heterocycles. The number of carbonyl (C=O) groups is 1. The Bertz CT molecular complexity index is 184. The molecule has 0 aromatic carbocycles. The van der Waals surface area contributed by atoms with Crippen LogP contribution in [0.25, 0.3) is 0 Å². The maximum atomic E-state index is 12.7. The summed E-state index contributed by atoms with van der Waals surface area (Å²) in [5.41, 5.74) is -0.117. The van der Waals surface area contributed by atoms with Gasteiger partial charge in [0.15, 0.2) is 6.29 Å². The van der Waals surface area contributed by atoms with Crippen LogP contribution >= 0.6 is 15.9 Å². The number of hydrogen-bond acceptors (Lipinski definition) is 1. The lowest BCUT2D eigenvalue weighted by molar-refractivity contribution is -0.104. The minimum atomic E-state index is -0.558. The number of rotatable bonds is 3. The molecule has 0 radical (unpaired) electrons. The van der Waals surface area contributed by atoms with Crippen LogP contribution in [0, 0.1) is 0 Å². The molecule has 56 valence electrons. The quantitative estimate of drug-likeness (QED) is 0.395. The molecule has 0 heterocycles. The molecule has 0 rings (SSSR count). The number of aldehydes is 1. The fourth-order valence-corrected chi connectivity index (χ4v) is 0.636. The van der Waals surface area contributed by atoms with E-state index in [1.807, 2.05) is 0 Å². The first-order chi connectivity index (χ1) is 4.63. The summed E-state index contributed by atoms with van der Waals surface area (Å²) >= 11 is 2.97. The maximum Gasteiger partial charge on any atom is 0.152 e. The van der Waals surface area contributed by atoms with Gasteiger partial charge in [0.05, 0.1) is 0 Å². The van der Waals surface area contributed by atoms with Crippen molar-refractivity contribution >= 4 is 22.2 Å². The van der Waals surface area contributed by atoms with Crippen molar-refractivity contribution in [1.29, 1.82) is 0 Å². The molecule has 0 aliphatic carbocycles. The molecule has 0 aromatic rings. The van der Waals surface area contributed by atoms with Crippen LogP contribution in [0.4, 0.5) is 4.39 Å². The summed E-state index contributed by atoms with van der Waals surface area (Å²) in [6.45, 7) is 4.99. The molecule has 0 aliphatic heterocycles. The zero-order valence-corrected chi connectivity index (χ0v) is 7.24. The van der Waals surface area contributed by atoms with Crippen molar-refractivity contribution in [2.75, 3.05) is 0 Å². The Hall–Kier alpha value is -0.440. The highest BCUT2D eigenvalue weighted by Crippen LogP contribution is 2.20. The minimum absolute atomic E-state index is 0.117. The van der Waals surface area contributed by atoms with Gasteiger partial charge >= 0.3 is 0 Å². The van der Waals surface area contributed by atoms with Crippen molar-refractivity contribution in [3.63, 3.8) is 0 Å². The van der Waals surface area contributed by atoms with Crippen molar-refractivity contribution in [1.82, 2.24) is 0 Å². The molecule has 0 spiro atoms. The van der Waals surface area contributed by atoms with Gasteiger partial charge in [-0.3, -0.25) is 4.79 Å². The number of hydrogen-bond donors (Lipinski definition) is 0. The van der Waals surface area contributed by atoms with E-state index in [1.54, 1.807) is 6.92 Å². The molecule has 10 heavy (non-hydrogen) atoms. The fraction of sp³-hybridized carbons (Fsp3) is 0.286. The van der Waals surface area contributed by atoms with Crippen LogP contribution in [0.2, 0.25) is 0 Å². The van der Waals surface area contributed by atoms with Gasteiger partial charge in [-0.25, -0.2) is 4.39 Å². The Morgan fingerprint density at radius 3 is 2.60 bits per heavy atom. The third kappa shape index (κ3) is 2.43. The highest BCUT2D eigenvalue weighted by molar-refractivity contribution is 9.11. The van der Waals surface area contributed by atoms with E-state index in [0.717, 1.165) is 0 Å². The SMILES string of the molecule is C=C(C=O)C(F)=C(Br)CC. The summed E-state index contributed by atoms with van der Waals surface area (Å²) in [5, 5.41) is 0. The van der Waals surface area contributed by atoms with Crippen molar-refractivity contribution in [3.8, 4) is 0 Å². The average Bonchev–Trinajstić information content (AvgIpc) is 2.00. The van der Waals surface area contributed by atoms with E-state index < -0.39 is 5.83 Å². The average molecular weight is 207 g/mol. The Labute approximate surface area is 67.7 Å². The first kappa shape index (κ1) is 9.56. The van der Waals surface area contributed by atoms with E-state index >= 15 is 0 Å². The van der Waals surface area contributed by atoms with Gasteiger partial charge < -0.3 is 0 Å². The molecule has 0 saturated carbocycles. The van der Waals surface area contributed by atoms with Crippen LogP contribution in [-0.4, -0.2) is 6.29 Å². The lowest BCUT2D eigenvalue weighted by Crippen LogP contribution is -1.84. The minimum Gasteiger partial charge on any atom is -0.298 e. The highest BCUT2D eigenvalue weighted by atomic mass is 79.9. The van der Waals surface area contributed by atoms with Crippen molar-refractivity contribution < 1.29 is 9.18 Å². The third-order valence-corrected chi connectivity index (χ3v) is 1.88. The molecular weight excluding hydrogens is 199 g/mol. The summed E-state index contributed by atoms with van der Waals surface area (Å²) in [5.74, 6) is -0.558.